The van der Waals surface area contributed by atoms with Crippen LogP contribution in [0.15, 0.2) is 29.6 Å². The Morgan fingerprint density at radius 2 is 2.00 bits per heavy atom. The van der Waals surface area contributed by atoms with Crippen molar-refractivity contribution in [3.05, 3.63) is 29.6 Å². The first kappa shape index (κ1) is 22.8. The summed E-state index contributed by atoms with van der Waals surface area (Å²) in [6.45, 7) is 3.72. The van der Waals surface area contributed by atoms with Gasteiger partial charge in [0, 0.05) is 23.4 Å². The van der Waals surface area contributed by atoms with Gasteiger partial charge >= 0.3 is 0 Å². The van der Waals surface area contributed by atoms with Gasteiger partial charge < -0.3 is 15.0 Å². The van der Waals surface area contributed by atoms with E-state index in [1.165, 1.54) is 43.4 Å². The molecule has 0 atom stereocenters. The number of benzene rings is 1. The molecular weight excluding hydrogens is 394 g/mol. The standard InChI is InChI=1S/C24H35N3O2S/c1-4-5-8-18-11-13-19(14-12-18)23(28)26-24-25-21(17-30-24)20-9-6-7-10-22(20)29-16-15-27(2)3/h6-7,9-10,17-19H,4-5,8,11-16H2,1-3H3,(H,25,26,28). The second-order valence-corrected chi connectivity index (χ2v) is 9.39. The number of nitrogens with zero attached hydrogens (tertiary/aromatic N) is 2. The molecule has 1 fully saturated rings. The van der Waals surface area contributed by atoms with Crippen molar-refractivity contribution in [1.29, 1.82) is 0 Å². The van der Waals surface area contributed by atoms with E-state index in [1.54, 1.807) is 0 Å². The maximum Gasteiger partial charge on any atom is 0.229 e. The summed E-state index contributed by atoms with van der Waals surface area (Å²) in [6, 6.07) is 7.95. The topological polar surface area (TPSA) is 54.5 Å². The van der Waals surface area contributed by atoms with Gasteiger partial charge in [0.1, 0.15) is 12.4 Å². The van der Waals surface area contributed by atoms with Crippen LogP contribution < -0.4 is 10.1 Å². The highest BCUT2D eigenvalue weighted by Crippen LogP contribution is 2.34. The van der Waals surface area contributed by atoms with Crippen LogP contribution in [-0.2, 0) is 4.79 Å². The van der Waals surface area contributed by atoms with E-state index in [4.69, 9.17) is 4.74 Å². The number of para-hydroxylation sites is 1. The van der Waals surface area contributed by atoms with E-state index in [0.29, 0.717) is 11.7 Å². The Hall–Kier alpha value is -1.92. The molecule has 1 aliphatic rings. The number of rotatable bonds is 10. The second-order valence-electron chi connectivity index (χ2n) is 8.53. The number of aromatic nitrogens is 1. The van der Waals surface area contributed by atoms with E-state index in [1.807, 2.05) is 43.7 Å². The van der Waals surface area contributed by atoms with Crippen LogP contribution in [-0.4, -0.2) is 43.0 Å². The van der Waals surface area contributed by atoms with E-state index in [2.05, 4.69) is 22.1 Å². The number of amides is 1. The lowest BCUT2D eigenvalue weighted by Gasteiger charge is -2.27. The van der Waals surface area contributed by atoms with Gasteiger partial charge in [-0.25, -0.2) is 4.98 Å². The Bertz CT molecular complexity index is 797. The highest BCUT2D eigenvalue weighted by Gasteiger charge is 2.26. The molecule has 0 saturated heterocycles. The van der Waals surface area contributed by atoms with Crippen molar-refractivity contribution >= 4 is 22.4 Å². The largest absolute Gasteiger partial charge is 0.492 e. The summed E-state index contributed by atoms with van der Waals surface area (Å²) in [4.78, 5) is 19.5. The van der Waals surface area contributed by atoms with E-state index >= 15 is 0 Å². The minimum absolute atomic E-state index is 0.122. The SMILES string of the molecule is CCCCC1CCC(C(=O)Nc2nc(-c3ccccc3OCCN(C)C)cs2)CC1. The summed E-state index contributed by atoms with van der Waals surface area (Å²) in [5.41, 5.74) is 1.81. The fraction of sp³-hybridized carbons (Fsp3) is 0.583. The molecule has 0 bridgehead atoms. The van der Waals surface area contributed by atoms with Gasteiger partial charge in [0.05, 0.1) is 5.69 Å². The number of hydrogen-bond donors (Lipinski definition) is 1. The fourth-order valence-electron chi connectivity index (χ4n) is 4.01. The van der Waals surface area contributed by atoms with Crippen molar-refractivity contribution in [3.63, 3.8) is 0 Å². The molecule has 1 aromatic carbocycles. The molecule has 164 valence electrons. The smallest absolute Gasteiger partial charge is 0.229 e. The average molecular weight is 430 g/mol. The van der Waals surface area contributed by atoms with E-state index in [0.717, 1.165) is 42.3 Å². The molecule has 2 aromatic rings. The number of anilines is 1. The molecule has 6 heteroatoms. The Morgan fingerprint density at radius 1 is 1.23 bits per heavy atom. The van der Waals surface area contributed by atoms with Crippen molar-refractivity contribution in [3.8, 4) is 17.0 Å². The van der Waals surface area contributed by atoms with Crippen LogP contribution in [0.1, 0.15) is 51.9 Å². The summed E-state index contributed by atoms with van der Waals surface area (Å²) in [7, 11) is 4.06. The summed E-state index contributed by atoms with van der Waals surface area (Å²) < 4.78 is 5.96. The number of thiazole rings is 1. The molecule has 1 amide bonds. The highest BCUT2D eigenvalue weighted by atomic mass is 32.1. The van der Waals surface area contributed by atoms with Crippen molar-refractivity contribution in [2.24, 2.45) is 11.8 Å². The van der Waals surface area contributed by atoms with E-state index in [-0.39, 0.29) is 11.8 Å². The molecule has 0 radical (unpaired) electrons. The number of unbranched alkanes of at least 4 members (excludes halogenated alkanes) is 1. The summed E-state index contributed by atoms with van der Waals surface area (Å²) >= 11 is 1.48. The summed E-state index contributed by atoms with van der Waals surface area (Å²) in [5, 5.41) is 5.72. The van der Waals surface area contributed by atoms with Gasteiger partial charge in [-0.2, -0.15) is 0 Å². The second kappa shape index (κ2) is 11.5. The predicted octanol–water partition coefficient (Wildman–Crippen LogP) is 5.69. The van der Waals surface area contributed by atoms with Gasteiger partial charge in [-0.1, -0.05) is 38.3 Å². The first-order valence-electron chi connectivity index (χ1n) is 11.2. The number of hydrogen-bond acceptors (Lipinski definition) is 5. The lowest BCUT2D eigenvalue weighted by molar-refractivity contribution is -0.121. The van der Waals surface area contributed by atoms with Gasteiger partial charge in [-0.3, -0.25) is 4.79 Å². The normalized spacial score (nSPS) is 19.1. The lowest BCUT2D eigenvalue weighted by atomic mass is 9.79. The molecule has 5 nitrogen and oxygen atoms in total. The molecule has 0 aliphatic heterocycles. The van der Waals surface area contributed by atoms with Crippen molar-refractivity contribution in [1.82, 2.24) is 9.88 Å². The molecule has 3 rings (SSSR count). The molecule has 0 unspecified atom stereocenters. The Labute approximate surface area is 184 Å². The van der Waals surface area contributed by atoms with Crippen LogP contribution in [0.5, 0.6) is 5.75 Å². The van der Waals surface area contributed by atoms with Crippen LogP contribution >= 0.6 is 11.3 Å². The molecule has 30 heavy (non-hydrogen) atoms. The van der Waals surface area contributed by atoms with Gasteiger partial charge in [-0.05, 0) is 57.8 Å². The van der Waals surface area contributed by atoms with Crippen molar-refractivity contribution in [2.45, 2.75) is 51.9 Å². The number of ether oxygens (including phenoxy) is 1. The maximum absolute atomic E-state index is 12.7. The van der Waals surface area contributed by atoms with Crippen LogP contribution in [0.25, 0.3) is 11.3 Å². The third kappa shape index (κ3) is 6.54. The maximum atomic E-state index is 12.7. The quantitative estimate of drug-likeness (QED) is 0.527. The number of likely N-dealkylation sites (N-methyl/N-ethyl adjacent to an activating group) is 1. The van der Waals surface area contributed by atoms with Crippen molar-refractivity contribution < 1.29 is 9.53 Å². The van der Waals surface area contributed by atoms with Crippen LogP contribution in [0, 0.1) is 11.8 Å². The van der Waals surface area contributed by atoms with Gasteiger partial charge in [0.15, 0.2) is 5.13 Å². The molecule has 1 aliphatic carbocycles. The zero-order chi connectivity index (χ0) is 21.3. The molecule has 1 N–H and O–H groups in total. The summed E-state index contributed by atoms with van der Waals surface area (Å²) in [6.07, 6.45) is 8.25. The lowest BCUT2D eigenvalue weighted by Crippen LogP contribution is -2.27. The third-order valence-electron chi connectivity index (χ3n) is 5.88. The Balaban J connectivity index is 1.56. The van der Waals surface area contributed by atoms with E-state index in [9.17, 15) is 4.79 Å². The van der Waals surface area contributed by atoms with Gasteiger partial charge in [-0.15, -0.1) is 11.3 Å². The third-order valence-corrected chi connectivity index (χ3v) is 6.63. The van der Waals surface area contributed by atoms with E-state index < -0.39 is 0 Å². The fourth-order valence-corrected chi connectivity index (χ4v) is 4.72. The van der Waals surface area contributed by atoms with Crippen LogP contribution in [0.4, 0.5) is 5.13 Å². The summed E-state index contributed by atoms with van der Waals surface area (Å²) in [5.74, 6) is 1.88. The minimum atomic E-state index is 0.122. The number of carbonyl (C=O) groups excluding carboxylic acids is 1. The number of carbonyl (C=O) groups is 1. The monoisotopic (exact) mass is 429 g/mol. The highest BCUT2D eigenvalue weighted by molar-refractivity contribution is 7.14. The number of nitrogens with one attached hydrogen (secondary N) is 1. The zero-order valence-corrected chi connectivity index (χ0v) is 19.3. The predicted molar refractivity (Wildman–Crippen MR) is 125 cm³/mol. The Kier molecular flexibility index (Phi) is 8.70. The van der Waals surface area contributed by atoms with Crippen LogP contribution in [0.2, 0.25) is 0 Å². The van der Waals surface area contributed by atoms with Gasteiger partial charge in [0.2, 0.25) is 5.91 Å². The Morgan fingerprint density at radius 3 is 2.73 bits per heavy atom. The van der Waals surface area contributed by atoms with Crippen LogP contribution in [0.3, 0.4) is 0 Å². The molecule has 0 spiro atoms. The first-order valence-corrected chi connectivity index (χ1v) is 12.1. The molecular formula is C24H35N3O2S. The molecule has 1 saturated carbocycles. The minimum Gasteiger partial charge on any atom is -0.492 e. The first-order chi connectivity index (χ1) is 14.6. The molecule has 1 heterocycles. The molecule has 1 aromatic heterocycles. The zero-order valence-electron chi connectivity index (χ0n) is 18.5. The average Bonchev–Trinajstić information content (AvgIpc) is 3.21. The van der Waals surface area contributed by atoms with Crippen molar-refractivity contribution in [2.75, 3.05) is 32.6 Å². The van der Waals surface area contributed by atoms with Gasteiger partial charge in [0.25, 0.3) is 0 Å².